The number of likely N-dealkylation sites (N-methyl/N-ethyl adjacent to an activating group) is 1. The van der Waals surface area contributed by atoms with Gasteiger partial charge in [-0.15, -0.1) is 0 Å². The molecule has 0 aliphatic rings. The third kappa shape index (κ3) is 4.97. The molecule has 0 fully saturated rings. The number of carbonyl (C=O) groups excluding carboxylic acids is 1. The largest absolute Gasteiger partial charge is 0.508 e. The van der Waals surface area contributed by atoms with Crippen LogP contribution in [0.15, 0.2) is 36.4 Å². The Bertz CT molecular complexity index is 712. The summed E-state index contributed by atoms with van der Waals surface area (Å²) in [5, 5.41) is 19.0. The predicted molar refractivity (Wildman–Crippen MR) is 96.4 cm³/mol. The molecule has 1 unspecified atom stereocenters. The highest BCUT2D eigenvalue weighted by Gasteiger charge is 2.14. The maximum atomic E-state index is 12.4. The van der Waals surface area contributed by atoms with E-state index in [1.807, 2.05) is 0 Å². The van der Waals surface area contributed by atoms with Gasteiger partial charge >= 0.3 is 0 Å². The van der Waals surface area contributed by atoms with Gasteiger partial charge in [0.2, 0.25) is 0 Å². The van der Waals surface area contributed by atoms with E-state index in [1.54, 1.807) is 24.3 Å². The summed E-state index contributed by atoms with van der Waals surface area (Å²) in [6.45, 7) is 5.73. The first-order valence-corrected chi connectivity index (χ1v) is 8.33. The second-order valence-electron chi connectivity index (χ2n) is 6.06. The van der Waals surface area contributed by atoms with Crippen LogP contribution >= 0.6 is 0 Å². The number of hydrogen-bond donors (Lipinski definition) is 2. The molecule has 1 atom stereocenters. The second-order valence-corrected chi connectivity index (χ2v) is 6.06. The minimum atomic E-state index is -0.361. The molecule has 5 nitrogen and oxygen atoms in total. The number of hydrogen-bond acceptors (Lipinski definition) is 5. The number of phenolic OH excluding ortho intramolecular Hbond substituents is 2. The highest BCUT2D eigenvalue weighted by atomic mass is 16.5. The molecule has 5 heteroatoms. The molecule has 0 spiro atoms. The van der Waals surface area contributed by atoms with Crippen molar-refractivity contribution >= 4 is 5.78 Å². The topological polar surface area (TPSA) is 70.0 Å². The zero-order valence-electron chi connectivity index (χ0n) is 14.8. The van der Waals surface area contributed by atoms with Gasteiger partial charge in [-0.05, 0) is 50.7 Å². The normalized spacial score (nSPS) is 12.2. The zero-order chi connectivity index (χ0) is 18.4. The first kappa shape index (κ1) is 18.8. The Hall–Kier alpha value is -2.53. The molecule has 1 radical (unpaired) electrons. The summed E-state index contributed by atoms with van der Waals surface area (Å²) >= 11 is 0. The average Bonchev–Trinajstić information content (AvgIpc) is 2.61. The van der Waals surface area contributed by atoms with Gasteiger partial charge in [-0.2, -0.15) is 0 Å². The number of ether oxygens (including phenoxy) is 1. The Labute approximate surface area is 148 Å². The van der Waals surface area contributed by atoms with Gasteiger partial charge in [-0.25, -0.2) is 0 Å². The number of phenols is 2. The first-order chi connectivity index (χ1) is 11.9. The van der Waals surface area contributed by atoms with Gasteiger partial charge in [0, 0.05) is 30.3 Å². The Morgan fingerprint density at radius 1 is 1.28 bits per heavy atom. The third-order valence-electron chi connectivity index (χ3n) is 4.30. The van der Waals surface area contributed by atoms with Gasteiger partial charge in [0.1, 0.15) is 23.9 Å². The zero-order valence-corrected chi connectivity index (χ0v) is 14.8. The predicted octanol–water partition coefficient (Wildman–Crippen LogP) is 3.24. The summed E-state index contributed by atoms with van der Waals surface area (Å²) < 4.78 is 5.71. The molecule has 0 saturated heterocycles. The molecule has 0 aliphatic heterocycles. The summed E-state index contributed by atoms with van der Waals surface area (Å²) in [4.78, 5) is 14.6. The molecule has 0 bridgehead atoms. The van der Waals surface area contributed by atoms with Crippen LogP contribution in [0.4, 0.5) is 0 Å². The fourth-order valence-electron chi connectivity index (χ4n) is 2.34. The third-order valence-corrected chi connectivity index (χ3v) is 4.30. The molecule has 0 heterocycles. The lowest BCUT2D eigenvalue weighted by Crippen LogP contribution is -2.32. The van der Waals surface area contributed by atoms with Gasteiger partial charge < -0.3 is 19.8 Å². The van der Waals surface area contributed by atoms with Gasteiger partial charge in [-0.3, -0.25) is 4.79 Å². The van der Waals surface area contributed by atoms with E-state index in [9.17, 15) is 15.0 Å². The highest BCUT2D eigenvalue weighted by molar-refractivity contribution is 6.10. The van der Waals surface area contributed by atoms with Gasteiger partial charge in [0.25, 0.3) is 0 Å². The Balaban J connectivity index is 1.96. The van der Waals surface area contributed by atoms with Crippen LogP contribution in [0.2, 0.25) is 0 Å². The van der Waals surface area contributed by atoms with Gasteiger partial charge in [0.05, 0.1) is 5.56 Å². The quantitative estimate of drug-likeness (QED) is 0.721. The van der Waals surface area contributed by atoms with Crippen molar-refractivity contribution in [1.29, 1.82) is 0 Å². The molecular formula is C20H24NO4. The minimum Gasteiger partial charge on any atom is -0.508 e. The SMILES string of the molecule is CCC(C)N(C)CCOc1ccc(C(=O)c2[c]cc(O)cc2O)cc1. The van der Waals surface area contributed by atoms with E-state index in [2.05, 4.69) is 31.9 Å². The van der Waals surface area contributed by atoms with Crippen LogP contribution in [0.1, 0.15) is 36.2 Å². The number of ketones is 1. The fourth-order valence-corrected chi connectivity index (χ4v) is 2.34. The molecule has 0 aromatic heterocycles. The van der Waals surface area contributed by atoms with Crippen molar-refractivity contribution in [3.63, 3.8) is 0 Å². The van der Waals surface area contributed by atoms with Crippen LogP contribution in [-0.4, -0.2) is 47.1 Å². The van der Waals surface area contributed by atoms with Crippen LogP contribution in [-0.2, 0) is 0 Å². The van der Waals surface area contributed by atoms with Gasteiger partial charge in [0.15, 0.2) is 5.78 Å². The van der Waals surface area contributed by atoms with E-state index in [4.69, 9.17) is 4.74 Å². The van der Waals surface area contributed by atoms with E-state index >= 15 is 0 Å². The van der Waals surface area contributed by atoms with E-state index < -0.39 is 0 Å². The van der Waals surface area contributed by atoms with Crippen molar-refractivity contribution in [3.8, 4) is 17.2 Å². The Morgan fingerprint density at radius 2 is 1.96 bits per heavy atom. The molecule has 2 aromatic rings. The van der Waals surface area contributed by atoms with E-state index in [0.29, 0.717) is 24.0 Å². The summed E-state index contributed by atoms with van der Waals surface area (Å²) in [6.07, 6.45) is 1.09. The number of aromatic hydroxyl groups is 2. The maximum Gasteiger partial charge on any atom is 0.197 e. The van der Waals surface area contributed by atoms with Crippen LogP contribution in [0, 0.1) is 6.07 Å². The van der Waals surface area contributed by atoms with Crippen molar-refractivity contribution in [2.45, 2.75) is 26.3 Å². The smallest absolute Gasteiger partial charge is 0.197 e. The van der Waals surface area contributed by atoms with Crippen molar-refractivity contribution in [1.82, 2.24) is 4.90 Å². The minimum absolute atomic E-state index is 0.0293. The van der Waals surface area contributed by atoms with Gasteiger partial charge in [-0.1, -0.05) is 6.92 Å². The lowest BCUT2D eigenvalue weighted by Gasteiger charge is -2.23. The standard InChI is InChI=1S/C20H24NO4/c1-4-14(2)21(3)11-12-25-17-8-5-15(6-9-17)20(24)18-10-7-16(22)13-19(18)23/h5-9,13-14,22-23H,4,11-12H2,1-3H3. The van der Waals surface area contributed by atoms with Crippen molar-refractivity contribution in [2.24, 2.45) is 0 Å². The molecule has 133 valence electrons. The summed E-state index contributed by atoms with van der Waals surface area (Å²) in [7, 11) is 2.07. The molecule has 2 rings (SSSR count). The number of benzene rings is 2. The van der Waals surface area contributed by atoms with Crippen molar-refractivity contribution in [3.05, 3.63) is 53.6 Å². The van der Waals surface area contributed by atoms with Crippen LogP contribution in [0.25, 0.3) is 0 Å². The first-order valence-electron chi connectivity index (χ1n) is 8.33. The van der Waals surface area contributed by atoms with E-state index in [-0.39, 0.29) is 22.8 Å². The van der Waals surface area contributed by atoms with Crippen molar-refractivity contribution < 1.29 is 19.7 Å². The summed E-state index contributed by atoms with van der Waals surface area (Å²) in [5.74, 6) is -0.105. The Morgan fingerprint density at radius 3 is 2.56 bits per heavy atom. The summed E-state index contributed by atoms with van der Waals surface area (Å²) in [5.41, 5.74) is 0.447. The molecule has 0 aliphatic carbocycles. The molecular weight excluding hydrogens is 318 g/mol. The van der Waals surface area contributed by atoms with Crippen molar-refractivity contribution in [2.75, 3.05) is 20.2 Å². The van der Waals surface area contributed by atoms with E-state index in [0.717, 1.165) is 19.0 Å². The van der Waals surface area contributed by atoms with Crippen LogP contribution < -0.4 is 4.74 Å². The average molecular weight is 342 g/mol. The number of carbonyl (C=O) groups is 1. The second kappa shape index (κ2) is 8.53. The highest BCUT2D eigenvalue weighted by Crippen LogP contribution is 2.25. The van der Waals surface area contributed by atoms with Crippen LogP contribution in [0.3, 0.4) is 0 Å². The number of rotatable bonds is 8. The number of nitrogens with zero attached hydrogens (tertiary/aromatic N) is 1. The fraction of sp³-hybridized carbons (Fsp3) is 0.350. The summed E-state index contributed by atoms with van der Waals surface area (Å²) in [6, 6.07) is 12.2. The Kier molecular flexibility index (Phi) is 6.42. The lowest BCUT2D eigenvalue weighted by atomic mass is 10.0. The molecule has 0 amide bonds. The lowest BCUT2D eigenvalue weighted by molar-refractivity contribution is 0.103. The molecule has 25 heavy (non-hydrogen) atoms. The molecule has 2 N–H and O–H groups in total. The van der Waals surface area contributed by atoms with Crippen LogP contribution in [0.5, 0.6) is 17.2 Å². The molecule has 0 saturated carbocycles. The monoisotopic (exact) mass is 342 g/mol. The molecule has 2 aromatic carbocycles. The van der Waals surface area contributed by atoms with E-state index in [1.165, 1.54) is 6.07 Å². The maximum absolute atomic E-state index is 12.4.